The number of aryl methyl sites for hydroxylation is 1. The molecule has 2 aliphatic heterocycles. The second-order valence-corrected chi connectivity index (χ2v) is 10.3. The summed E-state index contributed by atoms with van der Waals surface area (Å²) in [6.45, 7) is 6.99. The Hall–Kier alpha value is -2.06. The van der Waals surface area contributed by atoms with Gasteiger partial charge in [0, 0.05) is 67.3 Å². The molecule has 2 aromatic rings. The molecule has 2 aliphatic rings. The van der Waals surface area contributed by atoms with Gasteiger partial charge in [0.15, 0.2) is 0 Å². The van der Waals surface area contributed by atoms with Gasteiger partial charge in [-0.05, 0) is 43.1 Å². The maximum atomic E-state index is 13.3. The molecule has 0 saturated carbocycles. The lowest BCUT2D eigenvalue weighted by Crippen LogP contribution is -2.56. The molecule has 6 nitrogen and oxygen atoms in total. The van der Waals surface area contributed by atoms with Crippen molar-refractivity contribution in [2.45, 2.75) is 35.8 Å². The molecular formula is C24H28F6N4O2S. The van der Waals surface area contributed by atoms with Crippen LogP contribution in [0.4, 0.5) is 32.0 Å². The van der Waals surface area contributed by atoms with E-state index in [-0.39, 0.29) is 6.04 Å². The average Bonchev–Trinajstić information content (AvgIpc) is 2.85. The van der Waals surface area contributed by atoms with Crippen LogP contribution >= 0.6 is 11.9 Å². The van der Waals surface area contributed by atoms with Crippen LogP contribution in [-0.2, 0) is 10.3 Å². The number of rotatable bonds is 6. The van der Waals surface area contributed by atoms with E-state index in [0.717, 1.165) is 23.7 Å². The number of anilines is 1. The van der Waals surface area contributed by atoms with E-state index in [0.29, 0.717) is 57.2 Å². The third kappa shape index (κ3) is 6.17. The largest absolute Gasteiger partial charge is 0.430 e. The van der Waals surface area contributed by atoms with Crippen molar-refractivity contribution in [1.29, 1.82) is 0 Å². The number of morpholine rings is 1. The number of aliphatic hydroxyl groups is 1. The molecule has 0 radical (unpaired) electrons. The molecule has 0 unspecified atom stereocenters. The lowest BCUT2D eigenvalue weighted by atomic mass is 9.92. The van der Waals surface area contributed by atoms with Gasteiger partial charge in [-0.1, -0.05) is 12.1 Å². The molecule has 2 fully saturated rings. The van der Waals surface area contributed by atoms with Crippen molar-refractivity contribution in [1.82, 2.24) is 14.2 Å². The van der Waals surface area contributed by atoms with Crippen molar-refractivity contribution in [3.8, 4) is 0 Å². The van der Waals surface area contributed by atoms with Crippen LogP contribution in [0.3, 0.4) is 0 Å². The topological polar surface area (TPSA) is 52.1 Å². The first-order valence-electron chi connectivity index (χ1n) is 11.8. The minimum Gasteiger partial charge on any atom is -0.379 e. The van der Waals surface area contributed by atoms with E-state index in [2.05, 4.69) is 14.2 Å². The maximum Gasteiger partial charge on any atom is 0.430 e. The summed E-state index contributed by atoms with van der Waals surface area (Å²) in [5.74, 6) is 0. The number of nitrogens with zero attached hydrogens (tertiary/aromatic N) is 4. The van der Waals surface area contributed by atoms with Crippen molar-refractivity contribution in [3.63, 3.8) is 0 Å². The van der Waals surface area contributed by atoms with Gasteiger partial charge in [-0.25, -0.2) is 4.31 Å². The number of hydrogen-bond donors (Lipinski definition) is 1. The molecule has 1 atom stereocenters. The van der Waals surface area contributed by atoms with E-state index in [1.807, 2.05) is 24.0 Å². The van der Waals surface area contributed by atoms with Crippen LogP contribution in [0.15, 0.2) is 47.5 Å². The summed E-state index contributed by atoms with van der Waals surface area (Å²) in [6.07, 6.45) is -10.0. The first-order valence-corrected chi connectivity index (χ1v) is 12.5. The molecule has 204 valence electrons. The predicted molar refractivity (Wildman–Crippen MR) is 127 cm³/mol. The lowest BCUT2D eigenvalue weighted by Gasteiger charge is -2.44. The van der Waals surface area contributed by atoms with Gasteiger partial charge in [-0.2, -0.15) is 26.3 Å². The van der Waals surface area contributed by atoms with E-state index in [9.17, 15) is 31.4 Å². The van der Waals surface area contributed by atoms with Crippen molar-refractivity contribution >= 4 is 17.6 Å². The van der Waals surface area contributed by atoms with Crippen LogP contribution in [0.5, 0.6) is 0 Å². The van der Waals surface area contributed by atoms with Gasteiger partial charge in [-0.15, -0.1) is 0 Å². The highest BCUT2D eigenvalue weighted by Crippen LogP contribution is 2.50. The van der Waals surface area contributed by atoms with E-state index >= 15 is 0 Å². The fourth-order valence-electron chi connectivity index (χ4n) is 4.53. The molecule has 1 aromatic carbocycles. The molecule has 0 spiro atoms. The summed E-state index contributed by atoms with van der Waals surface area (Å²) >= 11 is 1.57. The van der Waals surface area contributed by atoms with Gasteiger partial charge in [0.1, 0.15) is 0 Å². The fourth-order valence-corrected chi connectivity index (χ4v) is 5.47. The number of aromatic nitrogens is 1. The molecule has 3 heterocycles. The molecule has 0 bridgehead atoms. The predicted octanol–water partition coefficient (Wildman–Crippen LogP) is 4.23. The van der Waals surface area contributed by atoms with E-state index in [1.54, 1.807) is 18.1 Å². The number of halogens is 6. The molecule has 2 saturated heterocycles. The van der Waals surface area contributed by atoms with Crippen molar-refractivity contribution in [3.05, 3.63) is 53.9 Å². The van der Waals surface area contributed by atoms with Gasteiger partial charge >= 0.3 is 12.4 Å². The van der Waals surface area contributed by atoms with Gasteiger partial charge in [0.05, 0.1) is 19.3 Å². The van der Waals surface area contributed by atoms with Crippen LogP contribution < -0.4 is 4.90 Å². The van der Waals surface area contributed by atoms with Crippen LogP contribution in [0.1, 0.15) is 11.3 Å². The van der Waals surface area contributed by atoms with Crippen molar-refractivity contribution in [2.75, 3.05) is 57.4 Å². The van der Waals surface area contributed by atoms with E-state index in [4.69, 9.17) is 4.74 Å². The number of piperazine rings is 1. The lowest BCUT2D eigenvalue weighted by molar-refractivity contribution is -0.376. The molecule has 1 N–H and O–H groups in total. The number of hydrogen-bond acceptors (Lipinski definition) is 7. The highest BCUT2D eigenvalue weighted by molar-refractivity contribution is 7.97. The Kier molecular flexibility index (Phi) is 8.29. The van der Waals surface area contributed by atoms with Crippen LogP contribution in [-0.4, -0.2) is 90.2 Å². The van der Waals surface area contributed by atoms with E-state index in [1.165, 1.54) is 12.1 Å². The minimum absolute atomic E-state index is 0.0762. The molecule has 0 aliphatic carbocycles. The monoisotopic (exact) mass is 550 g/mol. The smallest absolute Gasteiger partial charge is 0.379 e. The molecule has 37 heavy (non-hydrogen) atoms. The summed E-state index contributed by atoms with van der Waals surface area (Å²) in [4.78, 5) is 9.54. The summed E-state index contributed by atoms with van der Waals surface area (Å²) in [6, 6.07) is 7.69. The second kappa shape index (κ2) is 11.0. The zero-order chi connectivity index (χ0) is 26.8. The summed E-state index contributed by atoms with van der Waals surface area (Å²) in [5, 5.41) is 9.72. The SMILES string of the molecule is Cc1ccc(SN2CCN(c3ccc(C(O)(C(F)(F)F)C(F)(F)F)cc3)[C@@H](CN3CCOCC3)C2)cn1. The summed E-state index contributed by atoms with van der Waals surface area (Å²) in [5.41, 5.74) is -4.80. The van der Waals surface area contributed by atoms with Crippen molar-refractivity contribution in [2.24, 2.45) is 0 Å². The Morgan fingerprint density at radius 3 is 2.16 bits per heavy atom. The first-order chi connectivity index (χ1) is 17.4. The van der Waals surface area contributed by atoms with Gasteiger partial charge < -0.3 is 14.7 Å². The van der Waals surface area contributed by atoms with Crippen molar-refractivity contribution < 1.29 is 36.2 Å². The van der Waals surface area contributed by atoms with Crippen LogP contribution in [0.2, 0.25) is 0 Å². The number of ether oxygens (including phenoxy) is 1. The highest BCUT2D eigenvalue weighted by Gasteiger charge is 2.71. The normalized spacial score (nSPS) is 20.9. The molecule has 4 rings (SSSR count). The number of alkyl halides is 6. The van der Waals surface area contributed by atoms with Crippen LogP contribution in [0.25, 0.3) is 0 Å². The quantitative estimate of drug-likeness (QED) is 0.427. The molecular weight excluding hydrogens is 522 g/mol. The Labute approximate surface area is 215 Å². The fraction of sp³-hybridized carbons (Fsp3) is 0.542. The molecule has 0 amide bonds. The van der Waals surface area contributed by atoms with Gasteiger partial charge in [0.25, 0.3) is 5.60 Å². The average molecular weight is 551 g/mol. The number of pyridine rings is 1. The van der Waals surface area contributed by atoms with E-state index < -0.39 is 23.5 Å². The highest BCUT2D eigenvalue weighted by atomic mass is 32.2. The zero-order valence-corrected chi connectivity index (χ0v) is 20.9. The third-order valence-corrected chi connectivity index (χ3v) is 7.62. The zero-order valence-electron chi connectivity index (χ0n) is 20.1. The third-order valence-electron chi connectivity index (χ3n) is 6.57. The number of benzene rings is 1. The Morgan fingerprint density at radius 1 is 0.946 bits per heavy atom. The van der Waals surface area contributed by atoms with Gasteiger partial charge in [-0.3, -0.25) is 9.88 Å². The molecule has 1 aromatic heterocycles. The maximum absolute atomic E-state index is 13.3. The summed E-state index contributed by atoms with van der Waals surface area (Å²) < 4.78 is 87.4. The Morgan fingerprint density at radius 2 is 1.59 bits per heavy atom. The first kappa shape index (κ1) is 28.0. The Bertz CT molecular complexity index is 1020. The molecule has 13 heteroatoms. The summed E-state index contributed by atoms with van der Waals surface area (Å²) in [7, 11) is 0. The standard InChI is InChI=1S/C24H28F6N4O2S/c1-17-2-7-21(14-31-17)37-33-8-9-34(20(16-33)15-32-10-12-36-13-11-32)19-5-3-18(4-6-19)22(35,23(25,26)27)24(28,29)30/h2-7,14,20,35H,8-13,15-16H2,1H3/t20-/m0/s1. The van der Waals surface area contributed by atoms with Crippen LogP contribution in [0, 0.1) is 6.92 Å². The minimum atomic E-state index is -5.92. The van der Waals surface area contributed by atoms with Gasteiger partial charge in [0.2, 0.25) is 0 Å². The Balaban J connectivity index is 1.55. The second-order valence-electron chi connectivity index (χ2n) is 9.13.